The van der Waals surface area contributed by atoms with Gasteiger partial charge in [0.25, 0.3) is 5.91 Å². The number of carbonyl (C=O) groups excluding carboxylic acids is 1. The molecule has 0 unspecified atom stereocenters. The van der Waals surface area contributed by atoms with Crippen molar-refractivity contribution in [2.75, 3.05) is 20.3 Å². The van der Waals surface area contributed by atoms with E-state index < -0.39 is 0 Å². The second-order valence-corrected chi connectivity index (χ2v) is 6.63. The van der Waals surface area contributed by atoms with Gasteiger partial charge in [-0.1, -0.05) is 18.2 Å². The Hall–Kier alpha value is -3.84. The Labute approximate surface area is 174 Å². The molecule has 1 aromatic carbocycles. The van der Waals surface area contributed by atoms with E-state index in [1.54, 1.807) is 37.8 Å². The van der Waals surface area contributed by atoms with Crippen molar-refractivity contribution in [2.24, 2.45) is 0 Å². The molecule has 4 rings (SSSR count). The lowest BCUT2D eigenvalue weighted by Gasteiger charge is -2.07. The minimum atomic E-state index is -0.126. The van der Waals surface area contributed by atoms with E-state index in [1.165, 1.54) is 0 Å². The van der Waals surface area contributed by atoms with Gasteiger partial charge in [0.05, 0.1) is 29.9 Å². The smallest absolute Gasteiger partial charge is 0.251 e. The van der Waals surface area contributed by atoms with Crippen LogP contribution in [0.4, 0.5) is 0 Å². The number of ether oxygens (including phenoxy) is 1. The first kappa shape index (κ1) is 19.5. The minimum absolute atomic E-state index is 0.126. The Bertz CT molecular complexity index is 1120. The summed E-state index contributed by atoms with van der Waals surface area (Å²) in [5, 5.41) is 10.0. The summed E-state index contributed by atoms with van der Waals surface area (Å²) in [5.41, 5.74) is 5.95. The average molecular weight is 399 g/mol. The predicted octanol–water partition coefficient (Wildman–Crippen LogP) is 3.58. The molecule has 4 aromatic rings. The molecule has 0 fully saturated rings. The van der Waals surface area contributed by atoms with Gasteiger partial charge in [0.15, 0.2) is 0 Å². The Morgan fingerprint density at radius 1 is 1.00 bits per heavy atom. The highest BCUT2D eigenvalue weighted by atomic mass is 16.5. The van der Waals surface area contributed by atoms with Crippen molar-refractivity contribution in [3.05, 3.63) is 78.8 Å². The number of hydrogen-bond acceptors (Lipinski definition) is 5. The molecule has 0 saturated carbocycles. The van der Waals surface area contributed by atoms with Gasteiger partial charge >= 0.3 is 0 Å². The van der Waals surface area contributed by atoms with Gasteiger partial charge < -0.3 is 10.1 Å². The molecule has 3 heterocycles. The topological polar surface area (TPSA) is 92.8 Å². The minimum Gasteiger partial charge on any atom is -0.383 e. The van der Waals surface area contributed by atoms with Crippen LogP contribution in [0.2, 0.25) is 0 Å². The van der Waals surface area contributed by atoms with Gasteiger partial charge in [-0.05, 0) is 42.0 Å². The van der Waals surface area contributed by atoms with E-state index >= 15 is 0 Å². The lowest BCUT2D eigenvalue weighted by molar-refractivity contribution is 0.0937. The standard InChI is InChI=1S/C23H21N5O2/c1-30-13-12-26-23(29)17-7-5-16(6-8-17)21-14-18(9-11-25-21)19-15-27-28-22(19)20-4-2-3-10-24-20/h2-11,14-15H,12-13H2,1H3,(H,26,29)(H,27,28). The van der Waals surface area contributed by atoms with E-state index in [0.29, 0.717) is 18.7 Å². The zero-order valence-corrected chi connectivity index (χ0v) is 16.5. The molecule has 0 saturated heterocycles. The van der Waals surface area contributed by atoms with Crippen molar-refractivity contribution in [1.82, 2.24) is 25.5 Å². The number of benzene rings is 1. The Kier molecular flexibility index (Phi) is 5.91. The SMILES string of the molecule is COCCNC(=O)c1ccc(-c2cc(-c3cn[nH]c3-c3ccccn3)ccn2)cc1. The summed E-state index contributed by atoms with van der Waals surface area (Å²) >= 11 is 0. The average Bonchev–Trinajstić information content (AvgIpc) is 3.30. The van der Waals surface area contributed by atoms with Crippen LogP contribution < -0.4 is 5.32 Å². The van der Waals surface area contributed by atoms with Gasteiger partial charge in [-0.2, -0.15) is 5.10 Å². The number of nitrogens with zero attached hydrogens (tertiary/aromatic N) is 3. The van der Waals surface area contributed by atoms with Crippen molar-refractivity contribution in [3.8, 4) is 33.8 Å². The van der Waals surface area contributed by atoms with Crippen LogP contribution in [0.5, 0.6) is 0 Å². The van der Waals surface area contributed by atoms with Crippen LogP contribution in [0.15, 0.2) is 73.2 Å². The number of aromatic amines is 1. The molecule has 0 aliphatic rings. The highest BCUT2D eigenvalue weighted by Crippen LogP contribution is 2.30. The molecule has 0 aliphatic carbocycles. The van der Waals surface area contributed by atoms with Gasteiger partial charge in [-0.25, -0.2) is 0 Å². The van der Waals surface area contributed by atoms with Gasteiger partial charge in [0, 0.05) is 42.7 Å². The number of aromatic nitrogens is 4. The quantitative estimate of drug-likeness (QED) is 0.464. The van der Waals surface area contributed by atoms with Crippen LogP contribution in [-0.4, -0.2) is 46.3 Å². The maximum Gasteiger partial charge on any atom is 0.251 e. The first-order chi connectivity index (χ1) is 14.8. The monoisotopic (exact) mass is 399 g/mol. The van der Waals surface area contributed by atoms with Gasteiger partial charge in [0.1, 0.15) is 0 Å². The summed E-state index contributed by atoms with van der Waals surface area (Å²) in [6.07, 6.45) is 5.31. The lowest BCUT2D eigenvalue weighted by atomic mass is 10.0. The van der Waals surface area contributed by atoms with Gasteiger partial charge in [0.2, 0.25) is 0 Å². The van der Waals surface area contributed by atoms with Crippen LogP contribution in [-0.2, 0) is 4.74 Å². The van der Waals surface area contributed by atoms with Crippen molar-refractivity contribution in [1.29, 1.82) is 0 Å². The number of hydrogen-bond donors (Lipinski definition) is 2. The number of methoxy groups -OCH3 is 1. The van der Waals surface area contributed by atoms with Crippen LogP contribution in [0.1, 0.15) is 10.4 Å². The second-order valence-electron chi connectivity index (χ2n) is 6.63. The fourth-order valence-corrected chi connectivity index (χ4v) is 3.13. The first-order valence-corrected chi connectivity index (χ1v) is 9.55. The molecular weight excluding hydrogens is 378 g/mol. The number of nitrogens with one attached hydrogen (secondary N) is 2. The predicted molar refractivity (Wildman–Crippen MR) is 115 cm³/mol. The lowest BCUT2D eigenvalue weighted by Crippen LogP contribution is -2.26. The third-order valence-electron chi connectivity index (χ3n) is 4.67. The van der Waals surface area contributed by atoms with E-state index in [2.05, 4.69) is 25.5 Å². The Balaban J connectivity index is 1.58. The van der Waals surface area contributed by atoms with Crippen LogP contribution in [0, 0.1) is 0 Å². The summed E-state index contributed by atoms with van der Waals surface area (Å²) < 4.78 is 4.95. The molecule has 0 spiro atoms. The van der Waals surface area contributed by atoms with Crippen LogP contribution in [0.25, 0.3) is 33.8 Å². The third-order valence-corrected chi connectivity index (χ3v) is 4.67. The molecule has 1 amide bonds. The molecule has 0 bridgehead atoms. The van der Waals surface area contributed by atoms with E-state index in [0.717, 1.165) is 33.8 Å². The third kappa shape index (κ3) is 4.26. The van der Waals surface area contributed by atoms with Crippen LogP contribution >= 0.6 is 0 Å². The molecule has 2 N–H and O–H groups in total. The summed E-state index contributed by atoms with van der Waals surface area (Å²) in [5.74, 6) is -0.126. The summed E-state index contributed by atoms with van der Waals surface area (Å²) in [6.45, 7) is 0.957. The summed E-state index contributed by atoms with van der Waals surface area (Å²) in [6, 6.07) is 17.1. The van der Waals surface area contributed by atoms with Crippen LogP contribution in [0.3, 0.4) is 0 Å². The van der Waals surface area contributed by atoms with Gasteiger partial charge in [-0.15, -0.1) is 0 Å². The van der Waals surface area contributed by atoms with E-state index in [1.807, 2.05) is 42.5 Å². The van der Waals surface area contributed by atoms with E-state index in [4.69, 9.17) is 4.74 Å². The summed E-state index contributed by atoms with van der Waals surface area (Å²) in [4.78, 5) is 21.1. The molecule has 150 valence electrons. The van der Waals surface area contributed by atoms with Crippen molar-refractivity contribution < 1.29 is 9.53 Å². The number of pyridine rings is 2. The first-order valence-electron chi connectivity index (χ1n) is 9.55. The number of rotatable bonds is 7. The number of carbonyl (C=O) groups is 1. The fraction of sp³-hybridized carbons (Fsp3) is 0.130. The normalized spacial score (nSPS) is 10.7. The van der Waals surface area contributed by atoms with E-state index in [-0.39, 0.29) is 5.91 Å². The molecule has 30 heavy (non-hydrogen) atoms. The molecule has 0 radical (unpaired) electrons. The van der Waals surface area contributed by atoms with E-state index in [9.17, 15) is 4.79 Å². The van der Waals surface area contributed by atoms with Crippen molar-refractivity contribution in [2.45, 2.75) is 0 Å². The second kappa shape index (κ2) is 9.11. The Morgan fingerprint density at radius 3 is 2.60 bits per heavy atom. The molecule has 7 nitrogen and oxygen atoms in total. The van der Waals surface area contributed by atoms with Gasteiger partial charge in [-0.3, -0.25) is 19.9 Å². The molecule has 0 atom stereocenters. The fourth-order valence-electron chi connectivity index (χ4n) is 3.13. The highest BCUT2D eigenvalue weighted by molar-refractivity contribution is 5.94. The molecular formula is C23H21N5O2. The Morgan fingerprint density at radius 2 is 1.83 bits per heavy atom. The summed E-state index contributed by atoms with van der Waals surface area (Å²) in [7, 11) is 1.60. The van der Waals surface area contributed by atoms with Crippen molar-refractivity contribution >= 4 is 5.91 Å². The maximum atomic E-state index is 12.2. The molecule has 7 heteroatoms. The maximum absolute atomic E-state index is 12.2. The zero-order chi connectivity index (χ0) is 20.8. The number of H-pyrrole nitrogens is 1. The largest absolute Gasteiger partial charge is 0.383 e. The molecule has 0 aliphatic heterocycles. The zero-order valence-electron chi connectivity index (χ0n) is 16.5. The van der Waals surface area contributed by atoms with Crippen molar-refractivity contribution in [3.63, 3.8) is 0 Å². The number of amides is 1. The highest BCUT2D eigenvalue weighted by Gasteiger charge is 2.12. The molecule has 3 aromatic heterocycles.